The Morgan fingerprint density at radius 3 is 2.39 bits per heavy atom. The van der Waals surface area contributed by atoms with Gasteiger partial charge in [-0.25, -0.2) is 9.97 Å². The minimum absolute atomic E-state index is 0.198. The van der Waals surface area contributed by atoms with Gasteiger partial charge in [0.1, 0.15) is 5.75 Å². The van der Waals surface area contributed by atoms with Gasteiger partial charge in [0, 0.05) is 25.5 Å². The molecule has 0 fully saturated rings. The predicted molar refractivity (Wildman–Crippen MR) is 89.5 cm³/mol. The average Bonchev–Trinajstić information content (AvgIpc) is 2.58. The molecular weight excluding hydrogens is 292 g/mol. The molecule has 122 valence electrons. The molecule has 0 aliphatic carbocycles. The highest BCUT2D eigenvalue weighted by Gasteiger charge is 2.07. The second-order valence-electron chi connectivity index (χ2n) is 5.60. The molecule has 0 saturated heterocycles. The predicted octanol–water partition coefficient (Wildman–Crippen LogP) is 2.48. The first kappa shape index (κ1) is 16.7. The molecule has 1 amide bonds. The maximum Gasteiger partial charge on any atom is 0.254 e. The number of methoxy groups -OCH3 is 1. The summed E-state index contributed by atoms with van der Waals surface area (Å²) in [5.41, 5.74) is 1.43. The Labute approximate surface area is 136 Å². The van der Waals surface area contributed by atoms with Crippen molar-refractivity contribution in [2.24, 2.45) is 5.92 Å². The number of hydrogen-bond acceptors (Lipinski definition) is 5. The molecule has 0 aliphatic rings. The van der Waals surface area contributed by atoms with Crippen molar-refractivity contribution in [3.8, 4) is 5.75 Å². The standard InChI is InChI=1S/C17H22N4O2/c1-12(2)8-19-17-20-10-14(11-21-17)16(22)18-9-13-4-6-15(23-3)7-5-13/h4-7,10-12H,8-9H2,1-3H3,(H,18,22)(H,19,20,21). The lowest BCUT2D eigenvalue weighted by Gasteiger charge is -2.08. The van der Waals surface area contributed by atoms with Crippen LogP contribution in [-0.4, -0.2) is 29.5 Å². The highest BCUT2D eigenvalue weighted by molar-refractivity contribution is 5.93. The summed E-state index contributed by atoms with van der Waals surface area (Å²) < 4.78 is 5.10. The molecule has 0 unspecified atom stereocenters. The highest BCUT2D eigenvalue weighted by atomic mass is 16.5. The van der Waals surface area contributed by atoms with Gasteiger partial charge in [-0.05, 0) is 23.6 Å². The van der Waals surface area contributed by atoms with E-state index in [1.807, 2.05) is 24.3 Å². The van der Waals surface area contributed by atoms with Gasteiger partial charge in [0.05, 0.1) is 12.7 Å². The van der Waals surface area contributed by atoms with Crippen molar-refractivity contribution in [1.82, 2.24) is 15.3 Å². The summed E-state index contributed by atoms with van der Waals surface area (Å²) in [6, 6.07) is 7.54. The van der Waals surface area contributed by atoms with E-state index in [1.165, 1.54) is 12.4 Å². The van der Waals surface area contributed by atoms with E-state index >= 15 is 0 Å². The van der Waals surface area contributed by atoms with Crippen molar-refractivity contribution in [2.75, 3.05) is 19.0 Å². The zero-order chi connectivity index (χ0) is 16.7. The van der Waals surface area contributed by atoms with Gasteiger partial charge >= 0.3 is 0 Å². The first-order valence-corrected chi connectivity index (χ1v) is 7.55. The van der Waals surface area contributed by atoms with Gasteiger partial charge in [0.15, 0.2) is 0 Å². The Morgan fingerprint density at radius 2 is 1.83 bits per heavy atom. The fraction of sp³-hybridized carbons (Fsp3) is 0.353. The van der Waals surface area contributed by atoms with Gasteiger partial charge < -0.3 is 15.4 Å². The second-order valence-corrected chi connectivity index (χ2v) is 5.60. The van der Waals surface area contributed by atoms with E-state index in [4.69, 9.17) is 4.74 Å². The molecule has 0 aliphatic heterocycles. The van der Waals surface area contributed by atoms with E-state index < -0.39 is 0 Å². The van der Waals surface area contributed by atoms with E-state index in [-0.39, 0.29) is 5.91 Å². The van der Waals surface area contributed by atoms with Crippen LogP contribution in [0.2, 0.25) is 0 Å². The molecule has 0 bridgehead atoms. The third-order valence-electron chi connectivity index (χ3n) is 3.19. The number of carbonyl (C=O) groups excluding carboxylic acids is 1. The SMILES string of the molecule is COc1ccc(CNC(=O)c2cnc(NCC(C)C)nc2)cc1. The van der Waals surface area contributed by atoms with E-state index in [2.05, 4.69) is 34.4 Å². The van der Waals surface area contributed by atoms with Crippen LogP contribution in [0.25, 0.3) is 0 Å². The Kier molecular flexibility index (Phi) is 5.91. The summed E-state index contributed by atoms with van der Waals surface area (Å²) in [6.07, 6.45) is 3.05. The normalized spacial score (nSPS) is 10.4. The molecule has 1 aromatic carbocycles. The molecule has 23 heavy (non-hydrogen) atoms. The number of benzene rings is 1. The topological polar surface area (TPSA) is 76.1 Å². The summed E-state index contributed by atoms with van der Waals surface area (Å²) in [6.45, 7) is 5.45. The smallest absolute Gasteiger partial charge is 0.254 e. The van der Waals surface area contributed by atoms with Crippen molar-refractivity contribution in [1.29, 1.82) is 0 Å². The van der Waals surface area contributed by atoms with Gasteiger partial charge in [-0.2, -0.15) is 0 Å². The van der Waals surface area contributed by atoms with Crippen molar-refractivity contribution in [3.05, 3.63) is 47.8 Å². The third-order valence-corrected chi connectivity index (χ3v) is 3.19. The van der Waals surface area contributed by atoms with Gasteiger partial charge in [-0.1, -0.05) is 26.0 Å². The summed E-state index contributed by atoms with van der Waals surface area (Å²) in [5.74, 6) is 1.63. The summed E-state index contributed by atoms with van der Waals surface area (Å²) >= 11 is 0. The van der Waals surface area contributed by atoms with Crippen LogP contribution < -0.4 is 15.4 Å². The maximum atomic E-state index is 12.1. The number of nitrogens with zero attached hydrogens (tertiary/aromatic N) is 2. The van der Waals surface area contributed by atoms with Crippen molar-refractivity contribution in [3.63, 3.8) is 0 Å². The van der Waals surface area contributed by atoms with Gasteiger partial charge in [0.25, 0.3) is 5.91 Å². The zero-order valence-electron chi connectivity index (χ0n) is 13.7. The lowest BCUT2D eigenvalue weighted by molar-refractivity contribution is 0.0950. The van der Waals surface area contributed by atoms with Crippen LogP contribution in [0.15, 0.2) is 36.7 Å². The van der Waals surface area contributed by atoms with E-state index in [1.54, 1.807) is 7.11 Å². The molecule has 6 heteroatoms. The fourth-order valence-electron chi connectivity index (χ4n) is 1.86. The first-order chi connectivity index (χ1) is 11.1. The number of ether oxygens (including phenoxy) is 1. The summed E-state index contributed by atoms with van der Waals surface area (Å²) in [7, 11) is 1.62. The number of aromatic nitrogens is 2. The number of amides is 1. The molecule has 1 aromatic heterocycles. The molecule has 6 nitrogen and oxygen atoms in total. The average molecular weight is 314 g/mol. The maximum absolute atomic E-state index is 12.1. The van der Waals surface area contributed by atoms with Crippen molar-refractivity contribution < 1.29 is 9.53 Å². The number of nitrogens with one attached hydrogen (secondary N) is 2. The van der Waals surface area contributed by atoms with Crippen LogP contribution in [-0.2, 0) is 6.54 Å². The minimum atomic E-state index is -0.198. The molecule has 0 radical (unpaired) electrons. The number of anilines is 1. The van der Waals surface area contributed by atoms with E-state index in [0.29, 0.717) is 24.0 Å². The number of carbonyl (C=O) groups is 1. The van der Waals surface area contributed by atoms with Crippen LogP contribution in [0, 0.1) is 5.92 Å². The van der Waals surface area contributed by atoms with E-state index in [9.17, 15) is 4.79 Å². The number of hydrogen-bond donors (Lipinski definition) is 2. The van der Waals surface area contributed by atoms with Crippen LogP contribution in [0.3, 0.4) is 0 Å². The molecule has 1 heterocycles. The Hall–Kier alpha value is -2.63. The van der Waals surface area contributed by atoms with Crippen LogP contribution >= 0.6 is 0 Å². The quantitative estimate of drug-likeness (QED) is 0.821. The molecule has 2 rings (SSSR count). The van der Waals surface area contributed by atoms with Crippen LogP contribution in [0.5, 0.6) is 5.75 Å². The Balaban J connectivity index is 1.87. The fourth-order valence-corrected chi connectivity index (χ4v) is 1.86. The Bertz CT molecular complexity index is 624. The summed E-state index contributed by atoms with van der Waals surface area (Å²) in [5, 5.41) is 5.96. The largest absolute Gasteiger partial charge is 0.497 e. The van der Waals surface area contributed by atoms with Gasteiger partial charge in [-0.15, -0.1) is 0 Å². The van der Waals surface area contributed by atoms with Crippen molar-refractivity contribution in [2.45, 2.75) is 20.4 Å². The lowest BCUT2D eigenvalue weighted by atomic mass is 10.2. The monoisotopic (exact) mass is 314 g/mol. The summed E-state index contributed by atoms with van der Waals surface area (Å²) in [4.78, 5) is 20.4. The van der Waals surface area contributed by atoms with Gasteiger partial charge in [-0.3, -0.25) is 4.79 Å². The molecule has 0 spiro atoms. The molecule has 0 saturated carbocycles. The molecule has 0 atom stereocenters. The second kappa shape index (κ2) is 8.12. The molecule has 2 N–H and O–H groups in total. The van der Waals surface area contributed by atoms with Crippen LogP contribution in [0.4, 0.5) is 5.95 Å². The highest BCUT2D eigenvalue weighted by Crippen LogP contribution is 2.11. The molecule has 2 aromatic rings. The molecular formula is C17H22N4O2. The minimum Gasteiger partial charge on any atom is -0.497 e. The first-order valence-electron chi connectivity index (χ1n) is 7.55. The zero-order valence-corrected chi connectivity index (χ0v) is 13.7. The van der Waals surface area contributed by atoms with Crippen LogP contribution in [0.1, 0.15) is 29.8 Å². The van der Waals surface area contributed by atoms with E-state index in [0.717, 1.165) is 17.9 Å². The Morgan fingerprint density at radius 1 is 1.17 bits per heavy atom. The lowest BCUT2D eigenvalue weighted by Crippen LogP contribution is -2.23. The van der Waals surface area contributed by atoms with Gasteiger partial charge in [0.2, 0.25) is 5.95 Å². The number of rotatable bonds is 7. The van der Waals surface area contributed by atoms with Crippen molar-refractivity contribution >= 4 is 11.9 Å². The third kappa shape index (κ3) is 5.25.